The normalized spacial score (nSPS) is 11.6. The largest absolute Gasteiger partial charge is 0.484 e. The van der Waals surface area contributed by atoms with E-state index in [9.17, 15) is 9.59 Å². The van der Waals surface area contributed by atoms with Crippen LogP contribution in [0, 0.1) is 6.92 Å². The Morgan fingerprint density at radius 3 is 2.56 bits per heavy atom. The molecule has 7 heteroatoms. The fraction of sp³-hybridized carbons (Fsp3) is 0.300. The van der Waals surface area contributed by atoms with Crippen LogP contribution in [0.2, 0.25) is 10.0 Å². The Hall–Kier alpha value is -2.24. The lowest BCUT2D eigenvalue weighted by atomic mass is 10.1. The molecular weight excluding hydrogens is 387 g/mol. The van der Waals surface area contributed by atoms with E-state index < -0.39 is 6.04 Å². The molecule has 0 unspecified atom stereocenters. The van der Waals surface area contributed by atoms with E-state index in [4.69, 9.17) is 27.9 Å². The molecule has 5 nitrogen and oxygen atoms in total. The number of carbonyl (C=O) groups is 2. The molecule has 2 rings (SSSR count). The van der Waals surface area contributed by atoms with E-state index in [1.165, 1.54) is 11.9 Å². The standard InChI is InChI=1S/C20H22Cl2N2O3/c1-13-9-17(7-8-18(13)22)27-12-19(25)24(14(2)20(26)23-3)11-15-5-4-6-16(21)10-15/h4-10,14H,11-12H2,1-3H3,(H,23,26)/t14-/m1/s1. The van der Waals surface area contributed by atoms with Crippen LogP contribution in [-0.2, 0) is 16.1 Å². The van der Waals surface area contributed by atoms with Crippen molar-refractivity contribution >= 4 is 35.0 Å². The molecular formula is C20H22Cl2N2O3. The number of ether oxygens (including phenoxy) is 1. The summed E-state index contributed by atoms with van der Waals surface area (Å²) in [6.45, 7) is 3.59. The van der Waals surface area contributed by atoms with Gasteiger partial charge in [-0.1, -0.05) is 35.3 Å². The number of nitrogens with one attached hydrogen (secondary N) is 1. The van der Waals surface area contributed by atoms with Crippen molar-refractivity contribution in [3.05, 3.63) is 63.6 Å². The molecule has 0 saturated heterocycles. The molecule has 1 N–H and O–H groups in total. The zero-order valence-corrected chi connectivity index (χ0v) is 17.0. The molecule has 0 aliphatic carbocycles. The van der Waals surface area contributed by atoms with Crippen molar-refractivity contribution in [3.8, 4) is 5.75 Å². The average Bonchev–Trinajstić information content (AvgIpc) is 2.65. The lowest BCUT2D eigenvalue weighted by Crippen LogP contribution is -2.48. The second-order valence-corrected chi connectivity index (χ2v) is 6.99. The number of carbonyl (C=O) groups excluding carboxylic acids is 2. The number of hydrogen-bond acceptors (Lipinski definition) is 3. The summed E-state index contributed by atoms with van der Waals surface area (Å²) in [4.78, 5) is 26.3. The van der Waals surface area contributed by atoms with Crippen LogP contribution >= 0.6 is 23.2 Å². The molecule has 27 heavy (non-hydrogen) atoms. The highest BCUT2D eigenvalue weighted by Gasteiger charge is 2.26. The summed E-state index contributed by atoms with van der Waals surface area (Å²) < 4.78 is 5.60. The predicted octanol–water partition coefficient (Wildman–Crippen LogP) is 3.84. The first-order valence-corrected chi connectivity index (χ1v) is 9.22. The van der Waals surface area contributed by atoms with E-state index in [0.717, 1.165) is 11.1 Å². The maximum atomic E-state index is 12.8. The molecule has 0 spiro atoms. The van der Waals surface area contributed by atoms with Crippen LogP contribution in [-0.4, -0.2) is 36.4 Å². The predicted molar refractivity (Wildman–Crippen MR) is 107 cm³/mol. The van der Waals surface area contributed by atoms with Crippen molar-refractivity contribution in [3.63, 3.8) is 0 Å². The van der Waals surface area contributed by atoms with Crippen LogP contribution in [0.15, 0.2) is 42.5 Å². The van der Waals surface area contributed by atoms with Gasteiger partial charge in [0, 0.05) is 23.6 Å². The van der Waals surface area contributed by atoms with E-state index in [-0.39, 0.29) is 25.0 Å². The van der Waals surface area contributed by atoms with Crippen molar-refractivity contribution in [1.29, 1.82) is 0 Å². The maximum absolute atomic E-state index is 12.8. The summed E-state index contributed by atoms with van der Waals surface area (Å²) in [6.07, 6.45) is 0. The van der Waals surface area contributed by atoms with Gasteiger partial charge < -0.3 is 15.0 Å². The monoisotopic (exact) mass is 408 g/mol. The second kappa shape index (κ2) is 9.62. The van der Waals surface area contributed by atoms with E-state index in [1.54, 1.807) is 43.3 Å². The van der Waals surface area contributed by atoms with Crippen LogP contribution < -0.4 is 10.1 Å². The van der Waals surface area contributed by atoms with Crippen LogP contribution in [0.4, 0.5) is 0 Å². The maximum Gasteiger partial charge on any atom is 0.261 e. The lowest BCUT2D eigenvalue weighted by Gasteiger charge is -2.28. The van der Waals surface area contributed by atoms with Gasteiger partial charge in [0.05, 0.1) is 0 Å². The summed E-state index contributed by atoms with van der Waals surface area (Å²) in [5, 5.41) is 3.77. The average molecular weight is 409 g/mol. The quantitative estimate of drug-likeness (QED) is 0.756. The van der Waals surface area contributed by atoms with Gasteiger partial charge in [-0.3, -0.25) is 9.59 Å². The minimum Gasteiger partial charge on any atom is -0.484 e. The number of halogens is 2. The minimum atomic E-state index is -0.656. The van der Waals surface area contributed by atoms with E-state index >= 15 is 0 Å². The smallest absolute Gasteiger partial charge is 0.261 e. The Balaban J connectivity index is 2.14. The molecule has 0 fully saturated rings. The molecule has 2 amide bonds. The lowest BCUT2D eigenvalue weighted by molar-refractivity contribution is -0.142. The highest BCUT2D eigenvalue weighted by atomic mass is 35.5. The molecule has 0 aliphatic rings. The number of hydrogen-bond donors (Lipinski definition) is 1. The Kier molecular flexibility index (Phi) is 7.51. The van der Waals surface area contributed by atoms with Crippen molar-refractivity contribution in [2.45, 2.75) is 26.4 Å². The topological polar surface area (TPSA) is 58.6 Å². The Morgan fingerprint density at radius 2 is 1.93 bits per heavy atom. The van der Waals surface area contributed by atoms with Crippen molar-refractivity contribution < 1.29 is 14.3 Å². The van der Waals surface area contributed by atoms with Gasteiger partial charge in [-0.05, 0) is 55.3 Å². The number of likely N-dealkylation sites (N-methyl/N-ethyl adjacent to an activating group) is 1. The molecule has 0 heterocycles. The third-order valence-corrected chi connectivity index (χ3v) is 4.81. The zero-order chi connectivity index (χ0) is 20.0. The highest BCUT2D eigenvalue weighted by Crippen LogP contribution is 2.21. The van der Waals surface area contributed by atoms with Crippen LogP contribution in [0.25, 0.3) is 0 Å². The first kappa shape index (κ1) is 21.1. The molecule has 0 aromatic heterocycles. The molecule has 1 atom stereocenters. The van der Waals surface area contributed by atoms with Crippen molar-refractivity contribution in [2.24, 2.45) is 0 Å². The summed E-state index contributed by atoms with van der Waals surface area (Å²) in [6, 6.07) is 11.7. The number of benzene rings is 2. The number of rotatable bonds is 7. The number of aryl methyl sites for hydroxylation is 1. The highest BCUT2D eigenvalue weighted by molar-refractivity contribution is 6.31. The molecule has 2 aromatic rings. The number of nitrogens with zero attached hydrogens (tertiary/aromatic N) is 1. The SMILES string of the molecule is CNC(=O)[C@@H](C)N(Cc1cccc(Cl)c1)C(=O)COc1ccc(Cl)c(C)c1. The summed E-state index contributed by atoms with van der Waals surface area (Å²) in [5.74, 6) is -0.0213. The molecule has 0 aliphatic heterocycles. The first-order valence-electron chi connectivity index (χ1n) is 8.46. The van der Waals surface area contributed by atoms with Crippen LogP contribution in [0.5, 0.6) is 5.75 Å². The minimum absolute atomic E-state index is 0.191. The van der Waals surface area contributed by atoms with Gasteiger partial charge in [-0.15, -0.1) is 0 Å². The summed E-state index contributed by atoms with van der Waals surface area (Å²) in [5.41, 5.74) is 1.69. The van der Waals surface area contributed by atoms with Gasteiger partial charge in [0.2, 0.25) is 5.91 Å². The molecule has 2 aromatic carbocycles. The first-order chi connectivity index (χ1) is 12.8. The molecule has 0 bridgehead atoms. The molecule has 0 radical (unpaired) electrons. The van der Waals surface area contributed by atoms with E-state index in [0.29, 0.717) is 15.8 Å². The molecule has 144 valence electrons. The van der Waals surface area contributed by atoms with Crippen LogP contribution in [0.1, 0.15) is 18.1 Å². The van der Waals surface area contributed by atoms with Crippen LogP contribution in [0.3, 0.4) is 0 Å². The fourth-order valence-electron chi connectivity index (χ4n) is 2.56. The van der Waals surface area contributed by atoms with Gasteiger partial charge >= 0.3 is 0 Å². The van der Waals surface area contributed by atoms with E-state index in [1.807, 2.05) is 13.0 Å². The third kappa shape index (κ3) is 5.88. The summed E-state index contributed by atoms with van der Waals surface area (Å²) in [7, 11) is 1.54. The number of amides is 2. The van der Waals surface area contributed by atoms with E-state index in [2.05, 4.69) is 5.32 Å². The van der Waals surface area contributed by atoms with Gasteiger partial charge in [-0.25, -0.2) is 0 Å². The zero-order valence-electron chi connectivity index (χ0n) is 15.5. The van der Waals surface area contributed by atoms with Gasteiger partial charge in [0.25, 0.3) is 5.91 Å². The second-order valence-electron chi connectivity index (χ2n) is 6.14. The van der Waals surface area contributed by atoms with Gasteiger partial charge in [-0.2, -0.15) is 0 Å². The Labute approximate surface area is 169 Å². The molecule has 0 saturated carbocycles. The Bertz CT molecular complexity index is 827. The van der Waals surface area contributed by atoms with Gasteiger partial charge in [0.15, 0.2) is 6.61 Å². The summed E-state index contributed by atoms with van der Waals surface area (Å²) >= 11 is 12.0. The Morgan fingerprint density at radius 1 is 1.19 bits per heavy atom. The van der Waals surface area contributed by atoms with Crippen molar-refractivity contribution in [1.82, 2.24) is 10.2 Å². The third-order valence-electron chi connectivity index (χ3n) is 4.15. The fourth-order valence-corrected chi connectivity index (χ4v) is 2.89. The van der Waals surface area contributed by atoms with Crippen molar-refractivity contribution in [2.75, 3.05) is 13.7 Å². The van der Waals surface area contributed by atoms with Gasteiger partial charge in [0.1, 0.15) is 11.8 Å².